The minimum Gasteiger partial charge on any atom is -0.464 e. The number of rotatable bonds is 3. The third-order valence-corrected chi connectivity index (χ3v) is 4.42. The predicted octanol–water partition coefficient (Wildman–Crippen LogP) is 1.78. The standard InChI is InChI=1S/C16H18N6O2/c1-24-15(23)14-10-22(20-19-14)11-6-8-21(9-7-11)16-17-12-4-2-3-5-13(12)18-16/h2-5,10-11H,6-9H2,1H3,(H,17,18). The van der Waals surface area contributed by atoms with Crippen molar-refractivity contribution >= 4 is 23.0 Å². The van der Waals surface area contributed by atoms with Gasteiger partial charge in [0.1, 0.15) is 0 Å². The summed E-state index contributed by atoms with van der Waals surface area (Å²) in [5, 5.41) is 7.94. The minimum atomic E-state index is -0.457. The number of aromatic nitrogens is 5. The zero-order chi connectivity index (χ0) is 16.5. The molecule has 0 saturated carbocycles. The molecule has 0 unspecified atom stereocenters. The Morgan fingerprint density at radius 3 is 2.83 bits per heavy atom. The Balaban J connectivity index is 1.44. The fourth-order valence-electron chi connectivity index (χ4n) is 3.08. The highest BCUT2D eigenvalue weighted by Crippen LogP contribution is 2.26. The molecule has 0 spiro atoms. The smallest absolute Gasteiger partial charge is 0.360 e. The van der Waals surface area contributed by atoms with E-state index in [0.29, 0.717) is 0 Å². The Bertz CT molecular complexity index is 829. The van der Waals surface area contributed by atoms with Crippen LogP contribution in [0.15, 0.2) is 30.5 Å². The van der Waals surface area contributed by atoms with Crippen LogP contribution in [-0.2, 0) is 4.74 Å². The Morgan fingerprint density at radius 1 is 1.29 bits per heavy atom. The normalized spacial score (nSPS) is 15.8. The second-order valence-electron chi connectivity index (χ2n) is 5.87. The number of hydrogen-bond acceptors (Lipinski definition) is 6. The molecule has 3 aromatic rings. The molecule has 0 atom stereocenters. The number of piperidine rings is 1. The van der Waals surface area contributed by atoms with E-state index in [9.17, 15) is 4.79 Å². The van der Waals surface area contributed by atoms with Crippen LogP contribution in [0.5, 0.6) is 0 Å². The molecule has 0 aliphatic carbocycles. The summed E-state index contributed by atoms with van der Waals surface area (Å²) in [5.74, 6) is 0.449. The van der Waals surface area contributed by atoms with Gasteiger partial charge < -0.3 is 14.6 Å². The number of para-hydroxylation sites is 2. The highest BCUT2D eigenvalue weighted by molar-refractivity contribution is 5.86. The van der Waals surface area contributed by atoms with Gasteiger partial charge in [-0.15, -0.1) is 5.10 Å². The molecule has 1 aliphatic rings. The van der Waals surface area contributed by atoms with E-state index in [1.165, 1.54) is 7.11 Å². The van der Waals surface area contributed by atoms with Crippen LogP contribution in [0.25, 0.3) is 11.0 Å². The van der Waals surface area contributed by atoms with Crippen molar-refractivity contribution in [3.8, 4) is 0 Å². The monoisotopic (exact) mass is 326 g/mol. The van der Waals surface area contributed by atoms with Crippen molar-refractivity contribution < 1.29 is 9.53 Å². The summed E-state index contributed by atoms with van der Waals surface area (Å²) >= 11 is 0. The average molecular weight is 326 g/mol. The number of ether oxygens (including phenoxy) is 1. The minimum absolute atomic E-state index is 0.233. The number of carbonyl (C=O) groups excluding carboxylic acids is 1. The number of nitrogens with one attached hydrogen (secondary N) is 1. The van der Waals surface area contributed by atoms with Gasteiger partial charge in [0.25, 0.3) is 0 Å². The van der Waals surface area contributed by atoms with Crippen LogP contribution in [0.4, 0.5) is 5.95 Å². The van der Waals surface area contributed by atoms with Crippen LogP contribution in [-0.4, -0.2) is 51.1 Å². The van der Waals surface area contributed by atoms with E-state index in [1.807, 2.05) is 24.3 Å². The summed E-state index contributed by atoms with van der Waals surface area (Å²) in [7, 11) is 1.34. The van der Waals surface area contributed by atoms with Gasteiger partial charge in [0.15, 0.2) is 5.69 Å². The van der Waals surface area contributed by atoms with E-state index in [0.717, 1.165) is 42.9 Å². The van der Waals surface area contributed by atoms with Crippen molar-refractivity contribution in [3.05, 3.63) is 36.2 Å². The number of methoxy groups -OCH3 is 1. The lowest BCUT2D eigenvalue weighted by Gasteiger charge is -2.31. The number of aromatic amines is 1. The first kappa shape index (κ1) is 14.7. The second-order valence-corrected chi connectivity index (χ2v) is 5.87. The molecule has 1 aliphatic heterocycles. The van der Waals surface area contributed by atoms with E-state index < -0.39 is 5.97 Å². The Labute approximate surface area is 138 Å². The van der Waals surface area contributed by atoms with Gasteiger partial charge in [0.05, 0.1) is 30.4 Å². The number of benzene rings is 1. The van der Waals surface area contributed by atoms with E-state index in [2.05, 4.69) is 29.9 Å². The van der Waals surface area contributed by atoms with Crippen molar-refractivity contribution in [1.29, 1.82) is 0 Å². The Morgan fingerprint density at radius 2 is 2.08 bits per heavy atom. The summed E-state index contributed by atoms with van der Waals surface area (Å²) < 4.78 is 6.43. The number of esters is 1. The molecule has 2 aromatic heterocycles. The number of anilines is 1. The SMILES string of the molecule is COC(=O)c1cn(C2CCN(c3nc4ccccc4[nH]3)CC2)nn1. The van der Waals surface area contributed by atoms with Crippen LogP contribution >= 0.6 is 0 Å². The van der Waals surface area contributed by atoms with Crippen LogP contribution in [0.1, 0.15) is 29.4 Å². The van der Waals surface area contributed by atoms with Crippen LogP contribution < -0.4 is 4.90 Å². The maximum Gasteiger partial charge on any atom is 0.360 e. The molecular formula is C16H18N6O2. The molecule has 1 fully saturated rings. The van der Waals surface area contributed by atoms with Crippen LogP contribution in [0.3, 0.4) is 0 Å². The largest absolute Gasteiger partial charge is 0.464 e. The number of fused-ring (bicyclic) bond motifs is 1. The van der Waals surface area contributed by atoms with E-state index >= 15 is 0 Å². The highest BCUT2D eigenvalue weighted by Gasteiger charge is 2.24. The molecule has 124 valence electrons. The predicted molar refractivity (Wildman–Crippen MR) is 87.9 cm³/mol. The lowest BCUT2D eigenvalue weighted by atomic mass is 10.1. The first-order valence-electron chi connectivity index (χ1n) is 7.94. The fraction of sp³-hybridized carbons (Fsp3) is 0.375. The highest BCUT2D eigenvalue weighted by atomic mass is 16.5. The van der Waals surface area contributed by atoms with Gasteiger partial charge in [-0.2, -0.15) is 0 Å². The zero-order valence-corrected chi connectivity index (χ0v) is 13.3. The van der Waals surface area contributed by atoms with Crippen LogP contribution in [0.2, 0.25) is 0 Å². The zero-order valence-electron chi connectivity index (χ0n) is 13.3. The third-order valence-electron chi connectivity index (χ3n) is 4.42. The van der Waals surface area contributed by atoms with Gasteiger partial charge in [-0.3, -0.25) is 0 Å². The lowest BCUT2D eigenvalue weighted by molar-refractivity contribution is 0.0594. The van der Waals surface area contributed by atoms with Crippen molar-refractivity contribution in [2.45, 2.75) is 18.9 Å². The molecule has 1 aromatic carbocycles. The summed E-state index contributed by atoms with van der Waals surface area (Å²) in [6.07, 6.45) is 3.50. The summed E-state index contributed by atoms with van der Waals surface area (Å²) in [6.45, 7) is 1.75. The number of carbonyl (C=O) groups is 1. The van der Waals surface area contributed by atoms with E-state index in [4.69, 9.17) is 0 Å². The first-order chi connectivity index (χ1) is 11.7. The Kier molecular flexibility index (Phi) is 3.64. The maximum absolute atomic E-state index is 11.5. The molecule has 8 heteroatoms. The average Bonchev–Trinajstić information content (AvgIpc) is 3.28. The quantitative estimate of drug-likeness (QED) is 0.738. The van der Waals surface area contributed by atoms with Crippen molar-refractivity contribution in [2.24, 2.45) is 0 Å². The number of imidazole rings is 1. The van der Waals surface area contributed by atoms with Crippen molar-refractivity contribution in [1.82, 2.24) is 25.0 Å². The van der Waals surface area contributed by atoms with Gasteiger partial charge in [-0.25, -0.2) is 14.5 Å². The summed E-state index contributed by atoms with van der Waals surface area (Å²) in [5.41, 5.74) is 2.28. The lowest BCUT2D eigenvalue weighted by Crippen LogP contribution is -2.35. The summed E-state index contributed by atoms with van der Waals surface area (Å²) in [4.78, 5) is 21.7. The molecule has 0 radical (unpaired) electrons. The molecule has 8 nitrogen and oxygen atoms in total. The van der Waals surface area contributed by atoms with E-state index in [-0.39, 0.29) is 11.7 Å². The van der Waals surface area contributed by atoms with Gasteiger partial charge in [-0.1, -0.05) is 17.3 Å². The molecule has 24 heavy (non-hydrogen) atoms. The topological polar surface area (TPSA) is 88.9 Å². The number of H-pyrrole nitrogens is 1. The molecule has 1 saturated heterocycles. The first-order valence-corrected chi connectivity index (χ1v) is 7.94. The van der Waals surface area contributed by atoms with Gasteiger partial charge in [0.2, 0.25) is 5.95 Å². The molecule has 0 amide bonds. The van der Waals surface area contributed by atoms with Gasteiger partial charge >= 0.3 is 5.97 Å². The molecule has 3 heterocycles. The van der Waals surface area contributed by atoms with E-state index in [1.54, 1.807) is 10.9 Å². The molecule has 0 bridgehead atoms. The van der Waals surface area contributed by atoms with Gasteiger partial charge in [0, 0.05) is 13.1 Å². The fourth-order valence-corrected chi connectivity index (χ4v) is 3.08. The van der Waals surface area contributed by atoms with Gasteiger partial charge in [-0.05, 0) is 25.0 Å². The number of hydrogen-bond donors (Lipinski definition) is 1. The van der Waals surface area contributed by atoms with Crippen LogP contribution in [0, 0.1) is 0 Å². The molecule has 1 N–H and O–H groups in total. The third kappa shape index (κ3) is 2.60. The molecular weight excluding hydrogens is 308 g/mol. The summed E-state index contributed by atoms with van der Waals surface area (Å²) in [6, 6.07) is 8.26. The molecule has 4 rings (SSSR count). The van der Waals surface area contributed by atoms with Crippen molar-refractivity contribution in [3.63, 3.8) is 0 Å². The maximum atomic E-state index is 11.5. The Hall–Kier alpha value is -2.90. The van der Waals surface area contributed by atoms with Crippen molar-refractivity contribution in [2.75, 3.05) is 25.1 Å². The number of nitrogens with zero attached hydrogens (tertiary/aromatic N) is 5. The second kappa shape index (κ2) is 5.95.